The second-order valence-electron chi connectivity index (χ2n) is 5.10. The van der Waals surface area contributed by atoms with Crippen LogP contribution < -0.4 is 5.32 Å². The molecular formula is C15H19NO4. The van der Waals surface area contributed by atoms with Crippen molar-refractivity contribution < 1.29 is 19.4 Å². The first-order valence-electron chi connectivity index (χ1n) is 6.68. The van der Waals surface area contributed by atoms with Crippen molar-refractivity contribution in [3.8, 4) is 0 Å². The van der Waals surface area contributed by atoms with E-state index in [2.05, 4.69) is 5.32 Å². The molecule has 1 unspecified atom stereocenters. The molecule has 1 amide bonds. The lowest BCUT2D eigenvalue weighted by Crippen LogP contribution is -2.55. The van der Waals surface area contributed by atoms with Crippen LogP contribution in [0.15, 0.2) is 18.2 Å². The molecule has 5 nitrogen and oxygen atoms in total. The fraction of sp³-hybridized carbons (Fsp3) is 0.467. The van der Waals surface area contributed by atoms with E-state index in [1.807, 2.05) is 18.2 Å². The molecule has 0 fully saturated rings. The molecule has 0 saturated carbocycles. The Morgan fingerprint density at radius 2 is 2.05 bits per heavy atom. The van der Waals surface area contributed by atoms with Crippen LogP contribution in [0.5, 0.6) is 0 Å². The molecule has 0 spiro atoms. The van der Waals surface area contributed by atoms with Gasteiger partial charge in [-0.2, -0.15) is 0 Å². The Morgan fingerprint density at radius 1 is 1.35 bits per heavy atom. The molecule has 5 heteroatoms. The van der Waals surface area contributed by atoms with E-state index >= 15 is 0 Å². The highest BCUT2D eigenvalue weighted by atomic mass is 16.5. The number of carbonyl (C=O) groups excluding carboxylic acids is 2. The fourth-order valence-electron chi connectivity index (χ4n) is 2.72. The molecule has 108 valence electrons. The highest BCUT2D eigenvalue weighted by Crippen LogP contribution is 2.32. The molecule has 2 rings (SSSR count). The van der Waals surface area contributed by atoms with Gasteiger partial charge in [-0.15, -0.1) is 0 Å². The normalized spacial score (nSPS) is 20.4. The monoisotopic (exact) mass is 277 g/mol. The lowest BCUT2D eigenvalue weighted by atomic mass is 9.95. The van der Waals surface area contributed by atoms with Gasteiger partial charge >= 0.3 is 5.97 Å². The summed E-state index contributed by atoms with van der Waals surface area (Å²) in [5, 5.41) is 11.9. The van der Waals surface area contributed by atoms with Gasteiger partial charge in [-0.05, 0) is 23.6 Å². The maximum absolute atomic E-state index is 12.2. The van der Waals surface area contributed by atoms with Crippen LogP contribution in [0.25, 0.3) is 0 Å². The first-order valence-corrected chi connectivity index (χ1v) is 6.68. The van der Waals surface area contributed by atoms with Gasteiger partial charge in [0.25, 0.3) is 0 Å². The van der Waals surface area contributed by atoms with E-state index in [1.165, 1.54) is 6.92 Å². The summed E-state index contributed by atoms with van der Waals surface area (Å²) in [6.07, 6.45) is 0.820. The molecule has 0 radical (unpaired) electrons. The van der Waals surface area contributed by atoms with Crippen LogP contribution >= 0.6 is 0 Å². The van der Waals surface area contributed by atoms with E-state index in [4.69, 9.17) is 4.74 Å². The minimum atomic E-state index is -1.02. The first-order chi connectivity index (χ1) is 9.50. The average molecular weight is 277 g/mol. The summed E-state index contributed by atoms with van der Waals surface area (Å²) in [6.45, 7) is 3.37. The predicted octanol–water partition coefficient (Wildman–Crippen LogP) is 0.715. The smallest absolute Gasteiger partial charge is 0.332 e. The van der Waals surface area contributed by atoms with Gasteiger partial charge in [0.05, 0.1) is 13.2 Å². The zero-order valence-electron chi connectivity index (χ0n) is 11.7. The number of esters is 1. The van der Waals surface area contributed by atoms with Gasteiger partial charge in [0.15, 0.2) is 0 Å². The summed E-state index contributed by atoms with van der Waals surface area (Å²) in [5.41, 5.74) is 1.76. The lowest BCUT2D eigenvalue weighted by Gasteiger charge is -2.27. The Bertz CT molecular complexity index is 541. The van der Waals surface area contributed by atoms with Crippen LogP contribution in [0.2, 0.25) is 0 Å². The van der Waals surface area contributed by atoms with Crippen LogP contribution in [0.1, 0.15) is 30.5 Å². The van der Waals surface area contributed by atoms with Crippen LogP contribution in [-0.4, -0.2) is 29.1 Å². The van der Waals surface area contributed by atoms with Crippen molar-refractivity contribution >= 4 is 11.9 Å². The SMILES string of the molecule is CCOC(=O)C1(NC(C)=O)Cc2ccc(CO)cc2C1. The van der Waals surface area contributed by atoms with E-state index in [0.717, 1.165) is 16.7 Å². The third kappa shape index (κ3) is 2.67. The molecule has 20 heavy (non-hydrogen) atoms. The largest absolute Gasteiger partial charge is 0.464 e. The van der Waals surface area contributed by atoms with E-state index < -0.39 is 11.5 Å². The number of benzene rings is 1. The van der Waals surface area contributed by atoms with Crippen molar-refractivity contribution in [3.05, 3.63) is 34.9 Å². The molecule has 2 N–H and O–H groups in total. The zero-order valence-corrected chi connectivity index (χ0v) is 11.7. The quantitative estimate of drug-likeness (QED) is 0.795. The second kappa shape index (κ2) is 5.63. The predicted molar refractivity (Wildman–Crippen MR) is 73.0 cm³/mol. The molecule has 0 aliphatic heterocycles. The van der Waals surface area contributed by atoms with Gasteiger partial charge < -0.3 is 15.2 Å². The standard InChI is InChI=1S/C15H19NO4/c1-3-20-14(19)15(16-10(2)18)7-12-5-4-11(9-17)6-13(12)8-15/h4-6,17H,3,7-9H2,1-2H3,(H,16,18). The number of amides is 1. The summed E-state index contributed by atoms with van der Waals surface area (Å²) in [4.78, 5) is 23.7. The molecule has 1 aromatic carbocycles. The molecule has 1 atom stereocenters. The minimum absolute atomic E-state index is 0.0418. The summed E-state index contributed by atoms with van der Waals surface area (Å²) in [7, 11) is 0. The average Bonchev–Trinajstić information content (AvgIpc) is 2.76. The Hall–Kier alpha value is -1.88. The van der Waals surface area contributed by atoms with Gasteiger partial charge in [0, 0.05) is 19.8 Å². The zero-order chi connectivity index (χ0) is 14.8. The first kappa shape index (κ1) is 14.5. The third-order valence-corrected chi connectivity index (χ3v) is 3.52. The molecule has 1 aromatic rings. The van der Waals surface area contributed by atoms with Crippen molar-refractivity contribution in [3.63, 3.8) is 0 Å². The Labute approximate surface area is 117 Å². The number of carbonyl (C=O) groups is 2. The van der Waals surface area contributed by atoms with Crippen LogP contribution in [-0.2, 0) is 33.8 Å². The summed E-state index contributed by atoms with van der Waals surface area (Å²) < 4.78 is 5.11. The number of nitrogens with one attached hydrogen (secondary N) is 1. The molecular weight excluding hydrogens is 258 g/mol. The number of hydrogen-bond donors (Lipinski definition) is 2. The minimum Gasteiger partial charge on any atom is -0.464 e. The molecule has 0 heterocycles. The molecule has 0 aromatic heterocycles. The van der Waals surface area contributed by atoms with Gasteiger partial charge in [0.1, 0.15) is 5.54 Å². The summed E-state index contributed by atoms with van der Waals surface area (Å²) in [6, 6.07) is 5.59. The Morgan fingerprint density at radius 3 is 2.65 bits per heavy atom. The van der Waals surface area contributed by atoms with Crippen LogP contribution in [0.4, 0.5) is 0 Å². The number of aliphatic hydroxyl groups is 1. The fourth-order valence-corrected chi connectivity index (χ4v) is 2.72. The van der Waals surface area contributed by atoms with Gasteiger partial charge in [0.2, 0.25) is 5.91 Å². The highest BCUT2D eigenvalue weighted by molar-refractivity contribution is 5.89. The number of ether oxygens (including phenoxy) is 1. The third-order valence-electron chi connectivity index (χ3n) is 3.52. The number of hydrogen-bond acceptors (Lipinski definition) is 4. The van der Waals surface area contributed by atoms with E-state index in [0.29, 0.717) is 12.8 Å². The Balaban J connectivity index is 2.32. The van der Waals surface area contributed by atoms with Gasteiger partial charge in [-0.1, -0.05) is 18.2 Å². The molecule has 0 saturated heterocycles. The van der Waals surface area contributed by atoms with Gasteiger partial charge in [-0.3, -0.25) is 4.79 Å². The van der Waals surface area contributed by atoms with Gasteiger partial charge in [-0.25, -0.2) is 4.79 Å². The van der Waals surface area contributed by atoms with Crippen molar-refractivity contribution in [2.75, 3.05) is 6.61 Å². The van der Waals surface area contributed by atoms with Crippen molar-refractivity contribution in [1.82, 2.24) is 5.32 Å². The second-order valence-corrected chi connectivity index (χ2v) is 5.10. The van der Waals surface area contributed by atoms with Crippen molar-refractivity contribution in [2.45, 2.75) is 38.8 Å². The molecule has 1 aliphatic rings. The van der Waals surface area contributed by atoms with Crippen molar-refractivity contribution in [2.24, 2.45) is 0 Å². The summed E-state index contributed by atoms with van der Waals surface area (Å²) >= 11 is 0. The maximum atomic E-state index is 12.2. The summed E-state index contributed by atoms with van der Waals surface area (Å²) in [5.74, 6) is -0.662. The van der Waals surface area contributed by atoms with E-state index in [9.17, 15) is 14.7 Å². The highest BCUT2D eigenvalue weighted by Gasteiger charge is 2.45. The topological polar surface area (TPSA) is 75.6 Å². The number of aliphatic hydroxyl groups excluding tert-OH is 1. The Kier molecular flexibility index (Phi) is 4.09. The van der Waals surface area contributed by atoms with Crippen LogP contribution in [0, 0.1) is 0 Å². The maximum Gasteiger partial charge on any atom is 0.332 e. The number of fused-ring (bicyclic) bond motifs is 1. The van der Waals surface area contributed by atoms with E-state index in [-0.39, 0.29) is 19.1 Å². The number of rotatable bonds is 4. The molecule has 1 aliphatic carbocycles. The lowest BCUT2D eigenvalue weighted by molar-refractivity contribution is -0.152. The van der Waals surface area contributed by atoms with Crippen molar-refractivity contribution in [1.29, 1.82) is 0 Å². The van der Waals surface area contributed by atoms with E-state index in [1.54, 1.807) is 6.92 Å². The molecule has 0 bridgehead atoms. The van der Waals surface area contributed by atoms with Crippen LogP contribution in [0.3, 0.4) is 0 Å².